The van der Waals surface area contributed by atoms with Crippen molar-refractivity contribution in [2.24, 2.45) is 5.92 Å². The summed E-state index contributed by atoms with van der Waals surface area (Å²) in [6.07, 6.45) is 0.397. The topological polar surface area (TPSA) is 37.3 Å². The summed E-state index contributed by atoms with van der Waals surface area (Å²) in [6, 6.07) is 18.1. The Morgan fingerprint density at radius 1 is 1.10 bits per heavy atom. The number of hydrogen-bond acceptors (Lipinski definition) is 1. The third kappa shape index (κ3) is 3.85. The molecule has 2 rings (SSSR count). The standard InChI is InChI=1S/C18H19ClO2/c1-13(17(20)21)12-18(2,19)16-10-8-15(9-11-16)14-6-4-3-5-7-14/h3-11,13H,12H2,1-2H3,(H,20,21). The van der Waals surface area contributed by atoms with Gasteiger partial charge in [-0.1, -0.05) is 61.5 Å². The van der Waals surface area contributed by atoms with Crippen molar-refractivity contribution in [3.63, 3.8) is 0 Å². The molecular formula is C18H19ClO2. The van der Waals surface area contributed by atoms with Crippen LogP contribution in [0.3, 0.4) is 0 Å². The van der Waals surface area contributed by atoms with Crippen molar-refractivity contribution in [2.45, 2.75) is 25.1 Å². The van der Waals surface area contributed by atoms with Gasteiger partial charge >= 0.3 is 5.97 Å². The van der Waals surface area contributed by atoms with Crippen molar-refractivity contribution in [3.05, 3.63) is 60.2 Å². The number of carboxylic acid groups (broad SMARTS) is 1. The fraction of sp³-hybridized carbons (Fsp3) is 0.278. The highest BCUT2D eigenvalue weighted by molar-refractivity contribution is 6.23. The minimum Gasteiger partial charge on any atom is -0.481 e. The molecule has 2 atom stereocenters. The Morgan fingerprint density at radius 3 is 2.14 bits per heavy atom. The molecule has 0 radical (unpaired) electrons. The summed E-state index contributed by atoms with van der Waals surface area (Å²) >= 11 is 6.54. The lowest BCUT2D eigenvalue weighted by molar-refractivity contribution is -0.141. The van der Waals surface area contributed by atoms with Crippen LogP contribution in [-0.4, -0.2) is 11.1 Å². The second-order valence-corrected chi connectivity index (χ2v) is 6.42. The number of carbonyl (C=O) groups is 1. The van der Waals surface area contributed by atoms with E-state index in [1.807, 2.05) is 49.4 Å². The number of rotatable bonds is 5. The molecule has 0 saturated heterocycles. The van der Waals surface area contributed by atoms with Crippen LogP contribution in [-0.2, 0) is 9.67 Å². The number of hydrogen-bond donors (Lipinski definition) is 1. The van der Waals surface area contributed by atoms with Gasteiger partial charge in [0.25, 0.3) is 0 Å². The molecule has 0 saturated carbocycles. The highest BCUT2D eigenvalue weighted by Gasteiger charge is 2.28. The molecule has 0 aromatic heterocycles. The molecule has 1 N–H and O–H groups in total. The van der Waals surface area contributed by atoms with Crippen LogP contribution in [0, 0.1) is 5.92 Å². The molecule has 0 aliphatic carbocycles. The van der Waals surface area contributed by atoms with Crippen LogP contribution < -0.4 is 0 Å². The fourth-order valence-electron chi connectivity index (χ4n) is 2.42. The van der Waals surface area contributed by atoms with E-state index >= 15 is 0 Å². The van der Waals surface area contributed by atoms with E-state index in [0.29, 0.717) is 6.42 Å². The molecule has 2 aromatic rings. The van der Waals surface area contributed by atoms with Gasteiger partial charge in [-0.25, -0.2) is 0 Å². The number of aliphatic carboxylic acids is 1. The zero-order chi connectivity index (χ0) is 15.5. The monoisotopic (exact) mass is 302 g/mol. The summed E-state index contributed by atoms with van der Waals surface area (Å²) in [6.45, 7) is 3.55. The average molecular weight is 303 g/mol. The largest absolute Gasteiger partial charge is 0.481 e. The molecule has 21 heavy (non-hydrogen) atoms. The summed E-state index contributed by atoms with van der Waals surface area (Å²) in [5.74, 6) is -1.29. The quantitative estimate of drug-likeness (QED) is 0.796. The number of benzene rings is 2. The number of alkyl halides is 1. The lowest BCUT2D eigenvalue weighted by Gasteiger charge is -2.25. The maximum atomic E-state index is 11.0. The minimum absolute atomic E-state index is 0.397. The van der Waals surface area contributed by atoms with Gasteiger partial charge in [0.05, 0.1) is 10.8 Å². The highest BCUT2D eigenvalue weighted by Crippen LogP contribution is 2.36. The summed E-state index contributed by atoms with van der Waals surface area (Å²) in [4.78, 5) is 10.3. The van der Waals surface area contributed by atoms with Crippen LogP contribution in [0.5, 0.6) is 0 Å². The summed E-state index contributed by atoms with van der Waals surface area (Å²) in [7, 11) is 0. The summed E-state index contributed by atoms with van der Waals surface area (Å²) < 4.78 is 0. The molecule has 2 unspecified atom stereocenters. The number of halogens is 1. The Hall–Kier alpha value is -1.80. The van der Waals surface area contributed by atoms with Crippen molar-refractivity contribution >= 4 is 17.6 Å². The van der Waals surface area contributed by atoms with Crippen molar-refractivity contribution in [3.8, 4) is 11.1 Å². The first-order valence-corrected chi connectivity index (χ1v) is 7.35. The lowest BCUT2D eigenvalue weighted by atomic mass is 9.89. The predicted octanol–water partition coefficient (Wildman–Crippen LogP) is 4.92. The summed E-state index contributed by atoms with van der Waals surface area (Å²) in [5, 5.41) is 9.03. The van der Waals surface area contributed by atoms with Gasteiger partial charge in [0.2, 0.25) is 0 Å². The fourth-order valence-corrected chi connectivity index (χ4v) is 2.78. The molecule has 0 spiro atoms. The smallest absolute Gasteiger partial charge is 0.306 e. The Balaban J connectivity index is 2.20. The van der Waals surface area contributed by atoms with E-state index in [1.54, 1.807) is 6.92 Å². The molecule has 0 bridgehead atoms. The first kappa shape index (κ1) is 15.6. The molecule has 110 valence electrons. The van der Waals surface area contributed by atoms with Gasteiger partial charge < -0.3 is 5.11 Å². The maximum Gasteiger partial charge on any atom is 0.306 e. The first-order chi connectivity index (χ1) is 9.90. The van der Waals surface area contributed by atoms with Crippen molar-refractivity contribution in [2.75, 3.05) is 0 Å². The van der Waals surface area contributed by atoms with Crippen LogP contribution in [0.15, 0.2) is 54.6 Å². The average Bonchev–Trinajstić information content (AvgIpc) is 2.48. The minimum atomic E-state index is -0.817. The van der Waals surface area contributed by atoms with E-state index in [1.165, 1.54) is 0 Å². The normalized spacial score (nSPS) is 15.2. The molecule has 0 aliphatic rings. The Bertz CT molecular complexity index is 603. The third-order valence-corrected chi connectivity index (χ3v) is 4.08. The third-order valence-electron chi connectivity index (χ3n) is 3.71. The van der Waals surface area contributed by atoms with Crippen LogP contribution in [0.1, 0.15) is 25.8 Å². The van der Waals surface area contributed by atoms with Gasteiger partial charge in [-0.3, -0.25) is 4.79 Å². The molecule has 0 heterocycles. The van der Waals surface area contributed by atoms with E-state index in [2.05, 4.69) is 12.1 Å². The Morgan fingerprint density at radius 2 is 1.62 bits per heavy atom. The molecule has 0 fully saturated rings. The zero-order valence-electron chi connectivity index (χ0n) is 12.2. The second-order valence-electron chi connectivity index (χ2n) is 5.58. The Kier molecular flexibility index (Phi) is 4.69. The van der Waals surface area contributed by atoms with Crippen LogP contribution in [0.2, 0.25) is 0 Å². The van der Waals surface area contributed by atoms with Gasteiger partial charge in [-0.05, 0) is 30.0 Å². The van der Waals surface area contributed by atoms with Gasteiger partial charge in [0, 0.05) is 0 Å². The van der Waals surface area contributed by atoms with Crippen LogP contribution >= 0.6 is 11.6 Å². The maximum absolute atomic E-state index is 11.0. The molecule has 0 aliphatic heterocycles. The van der Waals surface area contributed by atoms with E-state index in [4.69, 9.17) is 16.7 Å². The first-order valence-electron chi connectivity index (χ1n) is 6.98. The Labute approximate surface area is 130 Å². The second kappa shape index (κ2) is 6.31. The molecular weight excluding hydrogens is 284 g/mol. The van der Waals surface area contributed by atoms with Crippen molar-refractivity contribution in [1.29, 1.82) is 0 Å². The summed E-state index contributed by atoms with van der Waals surface area (Å²) in [5.41, 5.74) is 3.22. The van der Waals surface area contributed by atoms with Crippen molar-refractivity contribution < 1.29 is 9.90 Å². The van der Waals surface area contributed by atoms with E-state index in [0.717, 1.165) is 16.7 Å². The van der Waals surface area contributed by atoms with Gasteiger partial charge in [-0.2, -0.15) is 0 Å². The van der Waals surface area contributed by atoms with E-state index in [-0.39, 0.29) is 0 Å². The van der Waals surface area contributed by atoms with Gasteiger partial charge in [0.1, 0.15) is 0 Å². The highest BCUT2D eigenvalue weighted by atomic mass is 35.5. The SMILES string of the molecule is CC(CC(C)(Cl)c1ccc(-c2ccccc2)cc1)C(=O)O. The van der Waals surface area contributed by atoms with Gasteiger partial charge in [-0.15, -0.1) is 11.6 Å². The molecule has 0 amide bonds. The predicted molar refractivity (Wildman–Crippen MR) is 86.5 cm³/mol. The lowest BCUT2D eigenvalue weighted by Crippen LogP contribution is -2.22. The van der Waals surface area contributed by atoms with Crippen LogP contribution in [0.25, 0.3) is 11.1 Å². The molecule has 2 aromatic carbocycles. The molecule has 2 nitrogen and oxygen atoms in total. The number of carboxylic acids is 1. The van der Waals surface area contributed by atoms with Crippen molar-refractivity contribution in [1.82, 2.24) is 0 Å². The zero-order valence-corrected chi connectivity index (χ0v) is 13.0. The van der Waals surface area contributed by atoms with Crippen LogP contribution in [0.4, 0.5) is 0 Å². The van der Waals surface area contributed by atoms with E-state index < -0.39 is 16.8 Å². The molecule has 3 heteroatoms. The van der Waals surface area contributed by atoms with E-state index in [9.17, 15) is 4.79 Å². The van der Waals surface area contributed by atoms with Gasteiger partial charge in [0.15, 0.2) is 0 Å².